The molecule has 0 aliphatic carbocycles. The second-order valence-corrected chi connectivity index (χ2v) is 5.66. The number of nitrogens with one attached hydrogen (secondary N) is 1. The van der Waals surface area contributed by atoms with Crippen molar-refractivity contribution in [2.75, 3.05) is 32.6 Å². The molecule has 0 saturated carbocycles. The zero-order valence-electron chi connectivity index (χ0n) is 12.5. The predicted molar refractivity (Wildman–Crippen MR) is 81.6 cm³/mol. The van der Waals surface area contributed by atoms with E-state index in [-0.39, 0.29) is 5.91 Å². The Kier molecular flexibility index (Phi) is 4.62. The minimum Gasteiger partial charge on any atom is -0.339 e. The number of carbonyl (C=O) groups excluding carboxylic acids is 1. The number of rotatable bonds is 3. The third kappa shape index (κ3) is 3.11. The van der Waals surface area contributed by atoms with Gasteiger partial charge >= 0.3 is 0 Å². The SMILES string of the molecule is Cc1cc(C(=O)N2CCC(N(C)C)CC2)ccc1NN. The number of nitrogens with zero attached hydrogens (tertiary/aromatic N) is 2. The van der Waals surface area contributed by atoms with Crippen molar-refractivity contribution < 1.29 is 4.79 Å². The molecule has 1 amide bonds. The highest BCUT2D eigenvalue weighted by molar-refractivity contribution is 5.95. The molecule has 1 aliphatic heterocycles. The summed E-state index contributed by atoms with van der Waals surface area (Å²) in [5.41, 5.74) is 5.21. The van der Waals surface area contributed by atoms with Gasteiger partial charge < -0.3 is 15.2 Å². The molecule has 3 N–H and O–H groups in total. The van der Waals surface area contributed by atoms with E-state index in [1.165, 1.54) is 0 Å². The smallest absolute Gasteiger partial charge is 0.253 e. The third-order valence-electron chi connectivity index (χ3n) is 4.11. The fourth-order valence-electron chi connectivity index (χ4n) is 2.73. The van der Waals surface area contributed by atoms with E-state index in [1.807, 2.05) is 30.0 Å². The Labute approximate surface area is 120 Å². The first-order valence-electron chi connectivity index (χ1n) is 7.06. The van der Waals surface area contributed by atoms with Crippen LogP contribution < -0.4 is 11.3 Å². The summed E-state index contributed by atoms with van der Waals surface area (Å²) in [6, 6.07) is 6.18. The van der Waals surface area contributed by atoms with Gasteiger partial charge in [0.05, 0.1) is 5.69 Å². The summed E-state index contributed by atoms with van der Waals surface area (Å²) in [5.74, 6) is 5.53. The molecule has 0 aromatic heterocycles. The van der Waals surface area contributed by atoms with Crippen LogP contribution in [0.25, 0.3) is 0 Å². The zero-order valence-corrected chi connectivity index (χ0v) is 12.5. The second-order valence-electron chi connectivity index (χ2n) is 5.66. The van der Waals surface area contributed by atoms with Gasteiger partial charge in [-0.2, -0.15) is 0 Å². The first-order chi connectivity index (χ1) is 9.52. The molecule has 0 unspecified atom stereocenters. The number of anilines is 1. The number of hydrogen-bond donors (Lipinski definition) is 2. The molecule has 1 aromatic rings. The molecule has 0 atom stereocenters. The lowest BCUT2D eigenvalue weighted by molar-refractivity contribution is 0.0663. The molecule has 110 valence electrons. The molecule has 5 nitrogen and oxygen atoms in total. The van der Waals surface area contributed by atoms with Crippen LogP contribution in [0.2, 0.25) is 0 Å². The van der Waals surface area contributed by atoms with Crippen LogP contribution in [0, 0.1) is 6.92 Å². The van der Waals surface area contributed by atoms with Gasteiger partial charge in [-0.15, -0.1) is 0 Å². The molecule has 1 fully saturated rings. The average molecular weight is 276 g/mol. The Morgan fingerprint density at radius 3 is 2.50 bits per heavy atom. The van der Waals surface area contributed by atoms with Crippen molar-refractivity contribution in [2.24, 2.45) is 5.84 Å². The van der Waals surface area contributed by atoms with Gasteiger partial charge in [0.25, 0.3) is 5.91 Å². The first kappa shape index (κ1) is 14.8. The summed E-state index contributed by atoms with van der Waals surface area (Å²) >= 11 is 0. The van der Waals surface area contributed by atoms with Gasteiger partial charge in [-0.1, -0.05) is 0 Å². The van der Waals surface area contributed by atoms with Crippen LogP contribution in [0.5, 0.6) is 0 Å². The largest absolute Gasteiger partial charge is 0.339 e. The molecule has 0 radical (unpaired) electrons. The van der Waals surface area contributed by atoms with Gasteiger partial charge in [-0.05, 0) is 57.6 Å². The summed E-state index contributed by atoms with van der Waals surface area (Å²) in [5, 5.41) is 0. The number of nitrogen functional groups attached to an aromatic ring is 1. The number of hydrazine groups is 1. The summed E-state index contributed by atoms with van der Waals surface area (Å²) < 4.78 is 0. The van der Waals surface area contributed by atoms with Crippen LogP contribution in [-0.4, -0.2) is 48.9 Å². The molecule has 5 heteroatoms. The lowest BCUT2D eigenvalue weighted by atomic mass is 10.0. The number of likely N-dealkylation sites (tertiary alicyclic amines) is 1. The molecule has 0 bridgehead atoms. The summed E-state index contributed by atoms with van der Waals surface area (Å²) in [7, 11) is 4.20. The monoisotopic (exact) mass is 276 g/mol. The average Bonchev–Trinajstić information content (AvgIpc) is 2.46. The van der Waals surface area contributed by atoms with Gasteiger partial charge in [0.15, 0.2) is 0 Å². The minimum atomic E-state index is 0.119. The number of amides is 1. The second kappa shape index (κ2) is 6.24. The highest BCUT2D eigenvalue weighted by atomic mass is 16.2. The van der Waals surface area contributed by atoms with Crippen molar-refractivity contribution >= 4 is 11.6 Å². The predicted octanol–water partition coefficient (Wildman–Crippen LogP) is 1.45. The Hall–Kier alpha value is -1.59. The number of benzene rings is 1. The maximum absolute atomic E-state index is 12.5. The molecule has 1 saturated heterocycles. The first-order valence-corrected chi connectivity index (χ1v) is 7.06. The van der Waals surface area contributed by atoms with E-state index in [4.69, 9.17) is 5.84 Å². The van der Waals surface area contributed by atoms with Crippen LogP contribution in [-0.2, 0) is 0 Å². The molecular formula is C15H24N4O. The molecule has 1 heterocycles. The quantitative estimate of drug-likeness (QED) is 0.648. The zero-order chi connectivity index (χ0) is 14.7. The maximum atomic E-state index is 12.5. The van der Waals surface area contributed by atoms with Crippen LogP contribution in [0.3, 0.4) is 0 Å². The van der Waals surface area contributed by atoms with Crippen molar-refractivity contribution in [2.45, 2.75) is 25.8 Å². The van der Waals surface area contributed by atoms with E-state index in [2.05, 4.69) is 24.4 Å². The normalized spacial score (nSPS) is 16.6. The number of aryl methyl sites for hydroxylation is 1. The van der Waals surface area contributed by atoms with Gasteiger partial charge in [0, 0.05) is 24.7 Å². The number of carbonyl (C=O) groups is 1. The van der Waals surface area contributed by atoms with Gasteiger partial charge in [0.2, 0.25) is 0 Å². The van der Waals surface area contributed by atoms with Gasteiger partial charge in [-0.25, -0.2) is 0 Å². The van der Waals surface area contributed by atoms with Crippen LogP contribution in [0.4, 0.5) is 5.69 Å². The molecule has 1 aliphatic rings. The van der Waals surface area contributed by atoms with Crippen LogP contribution in [0.15, 0.2) is 18.2 Å². The van der Waals surface area contributed by atoms with Crippen molar-refractivity contribution in [1.82, 2.24) is 9.80 Å². The highest BCUT2D eigenvalue weighted by Crippen LogP contribution is 2.20. The third-order valence-corrected chi connectivity index (χ3v) is 4.11. The molecule has 1 aromatic carbocycles. The van der Waals surface area contributed by atoms with E-state index in [0.29, 0.717) is 6.04 Å². The van der Waals surface area contributed by atoms with Crippen molar-refractivity contribution in [3.63, 3.8) is 0 Å². The Bertz CT molecular complexity index is 479. The topological polar surface area (TPSA) is 61.6 Å². The van der Waals surface area contributed by atoms with Crippen LogP contribution in [0.1, 0.15) is 28.8 Å². The Morgan fingerprint density at radius 1 is 1.35 bits per heavy atom. The molecule has 0 spiro atoms. The van der Waals surface area contributed by atoms with Gasteiger partial charge in [0.1, 0.15) is 0 Å². The van der Waals surface area contributed by atoms with Crippen molar-refractivity contribution in [1.29, 1.82) is 0 Å². The summed E-state index contributed by atoms with van der Waals surface area (Å²) in [4.78, 5) is 16.7. The lowest BCUT2D eigenvalue weighted by Crippen LogP contribution is -2.44. The summed E-state index contributed by atoms with van der Waals surface area (Å²) in [6.07, 6.45) is 2.08. The number of hydrogen-bond acceptors (Lipinski definition) is 4. The maximum Gasteiger partial charge on any atom is 0.253 e. The number of piperidine rings is 1. The minimum absolute atomic E-state index is 0.119. The van der Waals surface area contributed by atoms with E-state index >= 15 is 0 Å². The molecule has 20 heavy (non-hydrogen) atoms. The fraction of sp³-hybridized carbons (Fsp3) is 0.533. The number of nitrogens with two attached hydrogens (primary N) is 1. The van der Waals surface area contributed by atoms with Crippen molar-refractivity contribution in [3.05, 3.63) is 29.3 Å². The van der Waals surface area contributed by atoms with Crippen LogP contribution >= 0.6 is 0 Å². The van der Waals surface area contributed by atoms with Gasteiger partial charge in [-0.3, -0.25) is 10.6 Å². The van der Waals surface area contributed by atoms with E-state index in [9.17, 15) is 4.79 Å². The Morgan fingerprint density at radius 2 is 2.00 bits per heavy atom. The Balaban J connectivity index is 2.04. The fourth-order valence-corrected chi connectivity index (χ4v) is 2.73. The highest BCUT2D eigenvalue weighted by Gasteiger charge is 2.24. The van der Waals surface area contributed by atoms with E-state index in [1.54, 1.807) is 0 Å². The van der Waals surface area contributed by atoms with E-state index < -0.39 is 0 Å². The summed E-state index contributed by atoms with van der Waals surface area (Å²) in [6.45, 7) is 3.61. The van der Waals surface area contributed by atoms with Crippen molar-refractivity contribution in [3.8, 4) is 0 Å². The lowest BCUT2D eigenvalue weighted by Gasteiger charge is -2.35. The molecular weight excluding hydrogens is 252 g/mol. The van der Waals surface area contributed by atoms with E-state index in [0.717, 1.165) is 42.7 Å². The molecule has 2 rings (SSSR count). The standard InChI is InChI=1S/C15H24N4O/c1-11-10-12(4-5-14(11)17-16)15(20)19-8-6-13(7-9-19)18(2)3/h4-5,10,13,17H,6-9,16H2,1-3H3.